The van der Waals surface area contributed by atoms with E-state index in [-0.39, 0.29) is 30.6 Å². The summed E-state index contributed by atoms with van der Waals surface area (Å²) in [6.07, 6.45) is -5.49. The van der Waals surface area contributed by atoms with Crippen LogP contribution < -0.4 is 0 Å². The van der Waals surface area contributed by atoms with Crippen molar-refractivity contribution in [2.45, 2.75) is 38.4 Å². The maximum atomic E-state index is 15.0. The van der Waals surface area contributed by atoms with Gasteiger partial charge in [0.1, 0.15) is 19.3 Å². The monoisotopic (exact) mass is 945 g/mol. The number of nitrogens with zero attached hydrogens (tertiary/aromatic N) is 1. The topological polar surface area (TPSA) is 144 Å². The van der Waals surface area contributed by atoms with Gasteiger partial charge in [-0.05, 0) is 91.6 Å². The molecule has 0 spiro atoms. The first-order valence-electron chi connectivity index (χ1n) is 22.4. The number of benzene rings is 8. The number of carbonyl (C=O) groups excluding carboxylic acids is 5. The first kappa shape index (κ1) is 49.6. The number of hydrogen-bond donors (Lipinski definition) is 0. The molecular weight excluding hydrogens is 897 g/mol. The van der Waals surface area contributed by atoms with E-state index < -0.39 is 60.3 Å². The van der Waals surface area contributed by atoms with Crippen molar-refractivity contribution in [2.75, 3.05) is 20.3 Å². The largest absolute Gasteiger partial charge is 0.462 e. The lowest BCUT2D eigenvalue weighted by atomic mass is 10.0. The average molecular weight is 946 g/mol. The number of aldehydes is 1. The number of fused-ring (bicyclic) bond motifs is 4. The van der Waals surface area contributed by atoms with Gasteiger partial charge in [-0.25, -0.2) is 28.0 Å². The first-order valence-corrected chi connectivity index (χ1v) is 22.4. The molecule has 8 rings (SSSR count). The van der Waals surface area contributed by atoms with E-state index in [0.29, 0.717) is 11.1 Å². The molecule has 0 heterocycles. The zero-order valence-corrected chi connectivity index (χ0v) is 38.5. The second-order valence-corrected chi connectivity index (χ2v) is 16.6. The van der Waals surface area contributed by atoms with Gasteiger partial charge in [0.2, 0.25) is 0 Å². The number of carbonyl (C=O) groups is 5. The van der Waals surface area contributed by atoms with E-state index in [4.69, 9.17) is 18.9 Å². The van der Waals surface area contributed by atoms with Crippen LogP contribution in [0.15, 0.2) is 175 Å². The predicted molar refractivity (Wildman–Crippen MR) is 264 cm³/mol. The van der Waals surface area contributed by atoms with Gasteiger partial charge in [-0.15, -0.1) is 0 Å². The summed E-state index contributed by atoms with van der Waals surface area (Å²) in [7, 11) is 1.29. The van der Waals surface area contributed by atoms with Crippen molar-refractivity contribution in [3.8, 4) is 0 Å². The highest BCUT2D eigenvalue weighted by Gasteiger charge is 2.33. The molecular formula is C57H49F2NO10. The van der Waals surface area contributed by atoms with Crippen LogP contribution in [-0.4, -0.2) is 81.3 Å². The Hall–Kier alpha value is -8.32. The molecule has 0 aliphatic carbocycles. The molecule has 0 amide bonds. The second kappa shape index (κ2) is 23.6. The van der Waals surface area contributed by atoms with Crippen LogP contribution in [0.3, 0.4) is 0 Å². The third kappa shape index (κ3) is 12.6. The van der Waals surface area contributed by atoms with Gasteiger partial charge in [0.25, 0.3) is 0 Å². The fourth-order valence-electron chi connectivity index (χ4n) is 7.69. The van der Waals surface area contributed by atoms with Gasteiger partial charge in [0, 0.05) is 11.8 Å². The summed E-state index contributed by atoms with van der Waals surface area (Å²) in [5.41, 5.74) is 1.25. The molecule has 70 heavy (non-hydrogen) atoms. The van der Waals surface area contributed by atoms with E-state index in [1.807, 2.05) is 109 Å². The average Bonchev–Trinajstić information content (AvgIpc) is 3.40. The maximum absolute atomic E-state index is 15.0. The quantitative estimate of drug-likeness (QED) is 0.0284. The molecule has 0 bridgehead atoms. The van der Waals surface area contributed by atoms with Crippen molar-refractivity contribution in [3.63, 3.8) is 0 Å². The van der Waals surface area contributed by atoms with Crippen molar-refractivity contribution in [2.24, 2.45) is 17.0 Å². The zero-order chi connectivity index (χ0) is 49.6. The lowest BCUT2D eigenvalue weighted by Gasteiger charge is -2.25. The minimum atomic E-state index is -2.06. The standard InChI is InChI=1S/C29H26FNO5.C28H23FO5/c1-19(18-35-28(32)24-13-11-20-7-3-5-9-22(20)15-24)27(26(30)17-31-34-2)36-29(33)25-14-12-21-8-4-6-10-23(21)16-25;1-18(17-33-27(31)23-12-10-19-6-2-4-8-21(19)14-23)26(25(29)16-30)34-28(32)24-13-11-20-7-3-5-9-22(20)15-24/h3-17,19,26-27H,18H2,1-2H3;2-16,18,25-26H,17H2,1H3/t19-,26+,27+;18-,25+,26+/m00/s1. The van der Waals surface area contributed by atoms with Crippen LogP contribution in [0.5, 0.6) is 0 Å². The smallest absolute Gasteiger partial charge is 0.338 e. The van der Waals surface area contributed by atoms with Crippen molar-refractivity contribution in [1.82, 2.24) is 0 Å². The van der Waals surface area contributed by atoms with Crippen LogP contribution in [0.4, 0.5) is 8.78 Å². The third-order valence-electron chi connectivity index (χ3n) is 11.6. The van der Waals surface area contributed by atoms with Crippen molar-refractivity contribution in [3.05, 3.63) is 192 Å². The highest BCUT2D eigenvalue weighted by atomic mass is 19.1. The van der Waals surface area contributed by atoms with Gasteiger partial charge >= 0.3 is 23.9 Å². The fourth-order valence-corrected chi connectivity index (χ4v) is 7.69. The van der Waals surface area contributed by atoms with Crippen molar-refractivity contribution in [1.29, 1.82) is 0 Å². The molecule has 11 nitrogen and oxygen atoms in total. The third-order valence-corrected chi connectivity index (χ3v) is 11.6. The molecule has 13 heteroatoms. The molecule has 0 radical (unpaired) electrons. The molecule has 0 aromatic heterocycles. The summed E-state index contributed by atoms with van der Waals surface area (Å²) in [6, 6.07) is 50.8. The number of rotatable bonds is 17. The van der Waals surface area contributed by atoms with E-state index in [9.17, 15) is 28.4 Å². The van der Waals surface area contributed by atoms with E-state index >= 15 is 4.39 Å². The normalized spacial score (nSPS) is 13.8. The Kier molecular flexibility index (Phi) is 16.7. The molecule has 0 saturated carbocycles. The van der Waals surface area contributed by atoms with Crippen molar-refractivity contribution >= 4 is 79.5 Å². The minimum Gasteiger partial charge on any atom is -0.462 e. The van der Waals surface area contributed by atoms with Gasteiger partial charge in [-0.2, -0.15) is 0 Å². The van der Waals surface area contributed by atoms with Crippen LogP contribution in [0.2, 0.25) is 0 Å². The Morgan fingerprint density at radius 1 is 0.457 bits per heavy atom. The summed E-state index contributed by atoms with van der Waals surface area (Å²) in [5, 5.41) is 10.8. The Bertz CT molecular complexity index is 3180. The molecule has 0 fully saturated rings. The summed E-state index contributed by atoms with van der Waals surface area (Å²) in [6.45, 7) is 2.81. The van der Waals surface area contributed by atoms with Gasteiger partial charge < -0.3 is 23.8 Å². The number of oxime groups is 1. The fraction of sp³-hybridized carbons (Fsp3) is 0.193. The van der Waals surface area contributed by atoms with Crippen molar-refractivity contribution < 1.29 is 56.5 Å². The molecule has 0 N–H and O–H groups in total. The van der Waals surface area contributed by atoms with Gasteiger partial charge in [0.05, 0.1) is 41.7 Å². The summed E-state index contributed by atoms with van der Waals surface area (Å²) in [5.74, 6) is -4.00. The van der Waals surface area contributed by atoms with Crippen LogP contribution >= 0.6 is 0 Å². The van der Waals surface area contributed by atoms with E-state index in [0.717, 1.165) is 49.3 Å². The molecule has 0 saturated heterocycles. The Balaban J connectivity index is 0.000000207. The zero-order valence-electron chi connectivity index (χ0n) is 38.5. The van der Waals surface area contributed by atoms with Crippen LogP contribution in [0.1, 0.15) is 55.3 Å². The lowest BCUT2D eigenvalue weighted by molar-refractivity contribution is -0.117. The summed E-state index contributed by atoms with van der Waals surface area (Å²) < 4.78 is 51.1. The van der Waals surface area contributed by atoms with Crippen LogP contribution in [0, 0.1) is 11.8 Å². The Morgan fingerprint density at radius 2 is 0.757 bits per heavy atom. The SMILES string of the molecule is CON=C[C@@H](F)[C@H](OC(=O)c1ccc2ccccc2c1)[C@@H](C)COC(=O)c1ccc2ccccc2c1.C[C@@H](COC(=O)c1ccc2ccccc2c1)[C@@H](OC(=O)c1ccc2ccccc2c1)[C@H](F)C=O. The number of halogens is 2. The van der Waals surface area contributed by atoms with Crippen LogP contribution in [-0.2, 0) is 28.6 Å². The van der Waals surface area contributed by atoms with E-state index in [2.05, 4.69) is 9.99 Å². The van der Waals surface area contributed by atoms with Gasteiger partial charge in [-0.1, -0.05) is 140 Å². The lowest BCUT2D eigenvalue weighted by Crippen LogP contribution is -2.37. The molecule has 8 aromatic rings. The molecule has 0 aliphatic rings. The first-order chi connectivity index (χ1) is 33.9. The highest BCUT2D eigenvalue weighted by molar-refractivity contribution is 5.98. The minimum absolute atomic E-state index is 0.0833. The number of ether oxygens (including phenoxy) is 4. The maximum Gasteiger partial charge on any atom is 0.338 e. The Labute approximate surface area is 402 Å². The molecule has 0 unspecified atom stereocenters. The second-order valence-electron chi connectivity index (χ2n) is 16.6. The van der Waals surface area contributed by atoms with Gasteiger partial charge in [0.15, 0.2) is 18.6 Å². The molecule has 6 atom stereocenters. The number of hydrogen-bond acceptors (Lipinski definition) is 11. The molecule has 8 aromatic carbocycles. The number of esters is 4. The number of alkyl halides is 2. The predicted octanol–water partition coefficient (Wildman–Crippen LogP) is 11.5. The van der Waals surface area contributed by atoms with Gasteiger partial charge in [-0.3, -0.25) is 4.79 Å². The van der Waals surface area contributed by atoms with E-state index in [1.54, 1.807) is 74.5 Å². The molecule has 0 aliphatic heterocycles. The van der Waals surface area contributed by atoms with Crippen LogP contribution in [0.25, 0.3) is 43.1 Å². The Morgan fingerprint density at radius 3 is 1.07 bits per heavy atom. The molecule has 356 valence electrons. The summed E-state index contributed by atoms with van der Waals surface area (Å²) >= 11 is 0. The van der Waals surface area contributed by atoms with E-state index in [1.165, 1.54) is 7.11 Å². The highest BCUT2D eigenvalue weighted by Crippen LogP contribution is 2.24. The summed E-state index contributed by atoms with van der Waals surface area (Å²) in [4.78, 5) is 66.5.